The molecule has 4 heteroatoms. The molecule has 1 rings (SSSR count). The number of allylic oxidation sites excluding steroid dienone is 1. The van der Waals surface area contributed by atoms with Crippen molar-refractivity contribution in [1.29, 1.82) is 0 Å². The van der Waals surface area contributed by atoms with Crippen LogP contribution in [-0.4, -0.2) is 12.6 Å². The Labute approximate surface area is 85.7 Å². The van der Waals surface area contributed by atoms with Gasteiger partial charge in [-0.2, -0.15) is 0 Å². The van der Waals surface area contributed by atoms with Gasteiger partial charge in [0.1, 0.15) is 0 Å². The van der Waals surface area contributed by atoms with Gasteiger partial charge in [0.25, 0.3) is 5.70 Å². The second kappa shape index (κ2) is 4.43. The van der Waals surface area contributed by atoms with E-state index in [4.69, 9.17) is 11.3 Å². The summed E-state index contributed by atoms with van der Waals surface area (Å²) in [6, 6.07) is 0. The monoisotopic (exact) mass is 243 g/mol. The van der Waals surface area contributed by atoms with E-state index in [2.05, 4.69) is 20.8 Å². The van der Waals surface area contributed by atoms with Crippen LogP contribution in [0.1, 0.15) is 19.8 Å². The fourth-order valence-corrected chi connectivity index (χ4v) is 1.63. The van der Waals surface area contributed by atoms with Crippen LogP contribution in [0.2, 0.25) is 0 Å². The van der Waals surface area contributed by atoms with Gasteiger partial charge >= 0.3 is 5.97 Å². The van der Waals surface area contributed by atoms with Gasteiger partial charge in [0.05, 0.1) is 13.2 Å². The van der Waals surface area contributed by atoms with Crippen LogP contribution in [-0.2, 0) is 9.53 Å². The molecule has 1 fully saturated rings. The molecule has 0 spiro atoms. The summed E-state index contributed by atoms with van der Waals surface area (Å²) in [6.45, 7) is 8.89. The average molecular weight is 244 g/mol. The predicted octanol–water partition coefficient (Wildman–Crippen LogP) is 2.49. The minimum Gasteiger partial charge on any atom is -0.471 e. The van der Waals surface area contributed by atoms with E-state index < -0.39 is 5.97 Å². The topological polar surface area (TPSA) is 30.7 Å². The van der Waals surface area contributed by atoms with Gasteiger partial charge in [0.15, 0.2) is 0 Å². The molecule has 0 aliphatic heterocycles. The summed E-state index contributed by atoms with van der Waals surface area (Å²) in [5.41, 5.74) is 0.101. The molecule has 0 heterocycles. The van der Waals surface area contributed by atoms with E-state index in [0.29, 0.717) is 17.0 Å². The lowest BCUT2D eigenvalue weighted by molar-refractivity contribution is -0.138. The van der Waals surface area contributed by atoms with Crippen molar-refractivity contribution < 1.29 is 9.53 Å². The Morgan fingerprint density at radius 3 is 2.69 bits per heavy atom. The fraction of sp³-hybridized carbons (Fsp3) is 0.556. The number of hydrogen-bond donors (Lipinski definition) is 0. The lowest BCUT2D eigenvalue weighted by Gasteiger charge is -2.01. The third-order valence-electron chi connectivity index (χ3n) is 1.74. The van der Waals surface area contributed by atoms with Crippen molar-refractivity contribution >= 4 is 21.9 Å². The Kier molecular flexibility index (Phi) is 3.49. The Hall–Kier alpha value is -0.820. The van der Waals surface area contributed by atoms with Crippen molar-refractivity contribution in [3.05, 3.63) is 21.6 Å². The maximum atomic E-state index is 11.2. The highest BCUT2D eigenvalue weighted by molar-refractivity contribution is 9.11. The molecule has 13 heavy (non-hydrogen) atoms. The molecule has 0 radical (unpaired) electrons. The number of hydrogen-bond acceptors (Lipinski definition) is 2. The number of nitrogens with zero attached hydrogens (tertiary/aromatic N) is 1. The molecule has 70 valence electrons. The number of ether oxygens (including phenoxy) is 1. The first-order chi connectivity index (χ1) is 6.20. The minimum absolute atomic E-state index is 0.101. The molecule has 1 aliphatic rings. The van der Waals surface area contributed by atoms with Crippen molar-refractivity contribution in [2.75, 3.05) is 6.61 Å². The Bertz CT molecular complexity index is 286. The van der Waals surface area contributed by atoms with E-state index >= 15 is 0 Å². The van der Waals surface area contributed by atoms with Crippen molar-refractivity contribution in [2.24, 2.45) is 5.92 Å². The van der Waals surface area contributed by atoms with Crippen molar-refractivity contribution in [3.63, 3.8) is 0 Å². The summed E-state index contributed by atoms with van der Waals surface area (Å²) in [5, 5.41) is 0. The second-order valence-corrected chi connectivity index (χ2v) is 3.66. The van der Waals surface area contributed by atoms with E-state index in [0.717, 1.165) is 12.8 Å². The van der Waals surface area contributed by atoms with E-state index in [9.17, 15) is 4.79 Å². The van der Waals surface area contributed by atoms with Gasteiger partial charge in [-0.25, -0.2) is 4.85 Å². The zero-order valence-electron chi connectivity index (χ0n) is 7.34. The predicted molar refractivity (Wildman–Crippen MR) is 51.9 cm³/mol. The summed E-state index contributed by atoms with van der Waals surface area (Å²) in [6.07, 6.45) is 2.11. The second-order valence-electron chi connectivity index (χ2n) is 2.80. The molecule has 3 nitrogen and oxygen atoms in total. The first-order valence-electron chi connectivity index (χ1n) is 4.15. The van der Waals surface area contributed by atoms with E-state index in [1.807, 2.05) is 0 Å². The number of esters is 1. The lowest BCUT2D eigenvalue weighted by Crippen LogP contribution is -2.06. The van der Waals surface area contributed by atoms with E-state index in [-0.39, 0.29) is 5.70 Å². The van der Waals surface area contributed by atoms with Crippen LogP contribution < -0.4 is 0 Å². The molecule has 0 bridgehead atoms. The normalized spacial score (nSPS) is 17.3. The summed E-state index contributed by atoms with van der Waals surface area (Å²) >= 11 is 3.27. The van der Waals surface area contributed by atoms with Crippen molar-refractivity contribution in [3.8, 4) is 0 Å². The zero-order valence-corrected chi connectivity index (χ0v) is 8.93. The van der Waals surface area contributed by atoms with Crippen LogP contribution in [0.15, 0.2) is 10.2 Å². The van der Waals surface area contributed by atoms with Crippen LogP contribution in [0, 0.1) is 12.5 Å². The fourth-order valence-electron chi connectivity index (χ4n) is 0.926. The third kappa shape index (κ3) is 2.56. The van der Waals surface area contributed by atoms with Gasteiger partial charge < -0.3 is 4.74 Å². The minimum atomic E-state index is -0.517. The number of rotatable bonds is 3. The summed E-state index contributed by atoms with van der Waals surface area (Å²) in [5.74, 6) is -0.148. The first-order valence-corrected chi connectivity index (χ1v) is 4.94. The highest BCUT2D eigenvalue weighted by atomic mass is 79.9. The largest absolute Gasteiger partial charge is 0.471 e. The highest BCUT2D eigenvalue weighted by Crippen LogP contribution is 2.41. The first kappa shape index (κ1) is 10.3. The molecule has 1 saturated carbocycles. The molecule has 0 N–H and O–H groups in total. The Balaban J connectivity index is 2.77. The summed E-state index contributed by atoms with van der Waals surface area (Å²) in [7, 11) is 0. The molecule has 1 aliphatic carbocycles. The molecule has 0 aromatic rings. The molecule has 0 amide bonds. The molecule has 0 unspecified atom stereocenters. The van der Waals surface area contributed by atoms with Crippen molar-refractivity contribution in [2.45, 2.75) is 19.8 Å². The number of carbonyl (C=O) groups excluding carboxylic acids is 1. The van der Waals surface area contributed by atoms with Gasteiger partial charge in [-0.05, 0) is 25.7 Å². The SMILES string of the molecule is [C-]#[N+]/C(C(=O)OCC)=C(/Br)C1CC1. The average Bonchev–Trinajstić information content (AvgIpc) is 2.88. The van der Waals surface area contributed by atoms with E-state index in [1.54, 1.807) is 6.92 Å². The van der Waals surface area contributed by atoms with Gasteiger partial charge in [-0.1, -0.05) is 15.9 Å². The highest BCUT2D eigenvalue weighted by Gasteiger charge is 2.29. The quantitative estimate of drug-likeness (QED) is 0.433. The summed E-state index contributed by atoms with van der Waals surface area (Å²) < 4.78 is 5.46. The Morgan fingerprint density at radius 2 is 2.31 bits per heavy atom. The molecule has 0 aromatic carbocycles. The van der Waals surface area contributed by atoms with Gasteiger partial charge in [0.2, 0.25) is 0 Å². The van der Waals surface area contributed by atoms with Gasteiger partial charge in [-0.3, -0.25) is 4.79 Å². The van der Waals surface area contributed by atoms with Crippen molar-refractivity contribution in [1.82, 2.24) is 0 Å². The Morgan fingerprint density at radius 1 is 1.69 bits per heavy atom. The van der Waals surface area contributed by atoms with Crippen LogP contribution in [0.3, 0.4) is 0 Å². The molecular formula is C9H10BrNO2. The molecule has 0 aromatic heterocycles. The number of halogens is 1. The summed E-state index contributed by atoms with van der Waals surface area (Å²) in [4.78, 5) is 14.4. The lowest BCUT2D eigenvalue weighted by atomic mass is 10.3. The number of carbonyl (C=O) groups is 1. The van der Waals surface area contributed by atoms with Crippen LogP contribution in [0.5, 0.6) is 0 Å². The van der Waals surface area contributed by atoms with Crippen LogP contribution in [0.4, 0.5) is 0 Å². The maximum absolute atomic E-state index is 11.2. The third-order valence-corrected chi connectivity index (χ3v) is 2.77. The van der Waals surface area contributed by atoms with Gasteiger partial charge in [0, 0.05) is 4.48 Å². The van der Waals surface area contributed by atoms with Crippen LogP contribution >= 0.6 is 15.9 Å². The smallest absolute Gasteiger partial charge is 0.337 e. The zero-order chi connectivity index (χ0) is 9.84. The van der Waals surface area contributed by atoms with E-state index in [1.165, 1.54) is 0 Å². The molecular weight excluding hydrogens is 234 g/mol. The van der Waals surface area contributed by atoms with Crippen LogP contribution in [0.25, 0.3) is 4.85 Å². The molecule has 0 saturated heterocycles. The molecule has 0 atom stereocenters. The maximum Gasteiger partial charge on any atom is 0.337 e. The van der Waals surface area contributed by atoms with Gasteiger partial charge in [-0.15, -0.1) is 0 Å². The standard InChI is InChI=1S/C9H10BrNO2/c1-3-13-9(12)8(11-2)7(10)6-4-5-6/h6H,3-5H2,1H3/b8-7+.